The highest BCUT2D eigenvalue weighted by atomic mass is 16.6. The van der Waals surface area contributed by atoms with Crippen LogP contribution in [0.1, 0.15) is 17.3 Å². The topological polar surface area (TPSA) is 80.4 Å². The van der Waals surface area contributed by atoms with Gasteiger partial charge in [0.15, 0.2) is 5.78 Å². The molecule has 14 heavy (non-hydrogen) atoms. The van der Waals surface area contributed by atoms with E-state index in [9.17, 15) is 20.0 Å². The van der Waals surface area contributed by atoms with Crippen molar-refractivity contribution in [3.63, 3.8) is 0 Å². The first-order valence-corrected chi connectivity index (χ1v) is 3.92. The molecule has 0 saturated carbocycles. The summed E-state index contributed by atoms with van der Waals surface area (Å²) in [4.78, 5) is 20.8. The number of Topliss-reactive ketones (excluding diaryl/α,β-unsaturated/α-hetero) is 1. The zero-order chi connectivity index (χ0) is 10.9. The van der Waals surface area contributed by atoms with Crippen LogP contribution in [0.2, 0.25) is 0 Å². The van der Waals surface area contributed by atoms with Crippen LogP contribution >= 0.6 is 0 Å². The van der Waals surface area contributed by atoms with E-state index in [0.29, 0.717) is 5.46 Å². The van der Waals surface area contributed by atoms with Crippen LogP contribution in [0.4, 0.5) is 5.69 Å². The molecule has 0 aliphatic carbocycles. The number of nitro benzene ring substituents is 1. The molecule has 0 unspecified atom stereocenters. The SMILES string of the molecule is Bc1cc(C(C)=O)c(O)c([N+](=O)[O-])c1. The lowest BCUT2D eigenvalue weighted by Gasteiger charge is -2.02. The van der Waals surface area contributed by atoms with Crippen molar-refractivity contribution in [3.8, 4) is 5.75 Å². The number of nitrogens with zero attached hydrogens (tertiary/aromatic N) is 1. The maximum absolute atomic E-state index is 11.0. The number of hydrogen-bond acceptors (Lipinski definition) is 4. The van der Waals surface area contributed by atoms with Crippen LogP contribution in [0.3, 0.4) is 0 Å². The summed E-state index contributed by atoms with van der Waals surface area (Å²) >= 11 is 0. The van der Waals surface area contributed by atoms with E-state index >= 15 is 0 Å². The summed E-state index contributed by atoms with van der Waals surface area (Å²) in [5, 5.41) is 19.9. The maximum Gasteiger partial charge on any atom is 0.310 e. The average Bonchev–Trinajstić information content (AvgIpc) is 2.07. The summed E-state index contributed by atoms with van der Waals surface area (Å²) < 4.78 is 0. The van der Waals surface area contributed by atoms with Crippen molar-refractivity contribution in [2.75, 3.05) is 0 Å². The third-order valence-electron chi connectivity index (χ3n) is 1.81. The molecule has 6 heteroatoms. The molecule has 0 heterocycles. The monoisotopic (exact) mass is 193 g/mol. The smallest absolute Gasteiger partial charge is 0.310 e. The fraction of sp³-hybridized carbons (Fsp3) is 0.125. The molecule has 0 radical (unpaired) electrons. The molecule has 72 valence electrons. The molecule has 0 atom stereocenters. The van der Waals surface area contributed by atoms with Gasteiger partial charge in [0.1, 0.15) is 7.85 Å². The minimum atomic E-state index is -0.714. The summed E-state index contributed by atoms with van der Waals surface area (Å²) in [5.41, 5.74) is 0.117. The molecule has 0 aliphatic rings. The van der Waals surface area contributed by atoms with Crippen LogP contribution in [0, 0.1) is 10.1 Å². The normalized spacial score (nSPS) is 9.79. The summed E-state index contributed by atoms with van der Waals surface area (Å²) in [6, 6.07) is 2.65. The highest BCUT2D eigenvalue weighted by Crippen LogP contribution is 2.28. The van der Waals surface area contributed by atoms with Crippen molar-refractivity contribution >= 4 is 24.8 Å². The van der Waals surface area contributed by atoms with Crippen LogP contribution in [-0.2, 0) is 0 Å². The van der Waals surface area contributed by atoms with Crippen molar-refractivity contribution in [2.45, 2.75) is 6.92 Å². The van der Waals surface area contributed by atoms with Crippen LogP contribution in [0.5, 0.6) is 5.75 Å². The third kappa shape index (κ3) is 1.73. The van der Waals surface area contributed by atoms with Crippen molar-refractivity contribution in [1.29, 1.82) is 0 Å². The summed E-state index contributed by atoms with van der Waals surface area (Å²) in [7, 11) is 1.62. The van der Waals surface area contributed by atoms with E-state index in [1.807, 2.05) is 0 Å². The highest BCUT2D eigenvalue weighted by Gasteiger charge is 2.19. The number of phenols is 1. The van der Waals surface area contributed by atoms with Gasteiger partial charge in [-0.25, -0.2) is 0 Å². The van der Waals surface area contributed by atoms with Gasteiger partial charge in [-0.3, -0.25) is 14.9 Å². The summed E-state index contributed by atoms with van der Waals surface area (Å²) in [5.74, 6) is -0.956. The van der Waals surface area contributed by atoms with E-state index in [2.05, 4.69) is 0 Å². The zero-order valence-corrected chi connectivity index (χ0v) is 7.77. The van der Waals surface area contributed by atoms with Gasteiger partial charge < -0.3 is 5.11 Å². The first-order valence-electron chi connectivity index (χ1n) is 3.92. The Hall–Kier alpha value is -1.85. The zero-order valence-electron chi connectivity index (χ0n) is 7.77. The lowest BCUT2D eigenvalue weighted by molar-refractivity contribution is -0.385. The molecule has 0 aliphatic heterocycles. The average molecular weight is 193 g/mol. The van der Waals surface area contributed by atoms with Gasteiger partial charge in [-0.1, -0.05) is 11.5 Å². The van der Waals surface area contributed by atoms with Gasteiger partial charge in [-0.15, -0.1) is 0 Å². The van der Waals surface area contributed by atoms with Gasteiger partial charge in [0, 0.05) is 6.07 Å². The second-order valence-corrected chi connectivity index (χ2v) is 2.99. The largest absolute Gasteiger partial charge is 0.502 e. The first kappa shape index (κ1) is 10.2. The van der Waals surface area contributed by atoms with Crippen LogP contribution in [0.15, 0.2) is 12.1 Å². The van der Waals surface area contributed by atoms with Crippen LogP contribution < -0.4 is 5.46 Å². The quantitative estimate of drug-likeness (QED) is 0.304. The van der Waals surface area contributed by atoms with Crippen LogP contribution in [-0.4, -0.2) is 23.7 Å². The maximum atomic E-state index is 11.0. The Balaban J connectivity index is 3.47. The van der Waals surface area contributed by atoms with Crippen molar-refractivity contribution in [2.24, 2.45) is 0 Å². The Bertz CT molecular complexity index is 381. The molecule has 0 saturated heterocycles. The molecule has 0 bridgehead atoms. The number of ketones is 1. The molecular formula is C8H8BNO4. The van der Waals surface area contributed by atoms with Crippen molar-refractivity contribution < 1.29 is 14.8 Å². The number of phenolic OH excluding ortho intramolecular Hbond substituents is 1. The lowest BCUT2D eigenvalue weighted by atomic mass is 9.92. The Kier molecular flexibility index (Phi) is 2.55. The minimum Gasteiger partial charge on any atom is -0.502 e. The van der Waals surface area contributed by atoms with Gasteiger partial charge >= 0.3 is 5.69 Å². The summed E-state index contributed by atoms with van der Waals surface area (Å²) in [6.45, 7) is 1.25. The molecule has 0 aromatic heterocycles. The second-order valence-electron chi connectivity index (χ2n) is 2.99. The van der Waals surface area contributed by atoms with E-state index in [0.717, 1.165) is 0 Å². The second kappa shape index (κ2) is 3.49. The number of hydrogen-bond donors (Lipinski definition) is 1. The molecule has 5 nitrogen and oxygen atoms in total. The van der Waals surface area contributed by atoms with E-state index in [1.54, 1.807) is 7.85 Å². The molecule has 1 rings (SSSR count). The van der Waals surface area contributed by atoms with Gasteiger partial charge in [-0.05, 0) is 6.92 Å². The standard InChI is InChI=1S/C8H8BNO4/c1-4(11)6-2-5(9)3-7(8(6)12)10(13)14/h2-3,12H,9H2,1H3. The van der Waals surface area contributed by atoms with Crippen molar-refractivity contribution in [3.05, 3.63) is 27.8 Å². The number of nitro groups is 1. The predicted octanol–water partition coefficient (Wildman–Crippen LogP) is -0.239. The fourth-order valence-electron chi connectivity index (χ4n) is 1.17. The molecule has 1 N–H and O–H groups in total. The highest BCUT2D eigenvalue weighted by molar-refractivity contribution is 6.33. The molecule has 0 fully saturated rings. The van der Waals surface area contributed by atoms with Gasteiger partial charge in [0.25, 0.3) is 0 Å². The Morgan fingerprint density at radius 3 is 2.57 bits per heavy atom. The molecular weight excluding hydrogens is 185 g/mol. The van der Waals surface area contributed by atoms with Gasteiger partial charge in [0.2, 0.25) is 5.75 Å². The van der Waals surface area contributed by atoms with Crippen LogP contribution in [0.25, 0.3) is 0 Å². The predicted molar refractivity (Wildman–Crippen MR) is 52.9 cm³/mol. The molecule has 0 spiro atoms. The molecule has 1 aromatic rings. The number of aromatic hydroxyl groups is 1. The van der Waals surface area contributed by atoms with E-state index in [-0.39, 0.29) is 5.56 Å². The van der Waals surface area contributed by atoms with Gasteiger partial charge in [0.05, 0.1) is 10.5 Å². The minimum absolute atomic E-state index is 0.0169. The van der Waals surface area contributed by atoms with E-state index in [1.165, 1.54) is 19.1 Å². The first-order chi connectivity index (χ1) is 6.43. The number of carbonyl (C=O) groups excluding carboxylic acids is 1. The third-order valence-corrected chi connectivity index (χ3v) is 1.81. The number of carbonyl (C=O) groups is 1. The lowest BCUT2D eigenvalue weighted by Crippen LogP contribution is -2.08. The number of rotatable bonds is 2. The van der Waals surface area contributed by atoms with E-state index < -0.39 is 22.1 Å². The molecule has 1 aromatic carbocycles. The molecule has 0 amide bonds. The Labute approximate surface area is 80.9 Å². The van der Waals surface area contributed by atoms with Crippen molar-refractivity contribution in [1.82, 2.24) is 0 Å². The number of benzene rings is 1. The Morgan fingerprint density at radius 1 is 1.57 bits per heavy atom. The summed E-state index contributed by atoms with van der Waals surface area (Å²) in [6.07, 6.45) is 0. The Morgan fingerprint density at radius 2 is 2.14 bits per heavy atom. The fourth-order valence-corrected chi connectivity index (χ4v) is 1.17. The van der Waals surface area contributed by atoms with E-state index in [4.69, 9.17) is 0 Å². The van der Waals surface area contributed by atoms with Gasteiger partial charge in [-0.2, -0.15) is 0 Å².